The Bertz CT molecular complexity index is 865. The van der Waals surface area contributed by atoms with Crippen LogP contribution in [-0.2, 0) is 16.6 Å². The highest BCUT2D eigenvalue weighted by Crippen LogP contribution is 2.15. The molecule has 1 amide bonds. The topological polar surface area (TPSA) is 94.5 Å². The third kappa shape index (κ3) is 4.44. The van der Waals surface area contributed by atoms with Crippen LogP contribution in [0.5, 0.6) is 0 Å². The SMILES string of the molecule is CC(=O)Nc1ccc(C(=O)[C@H](C)OC(=O)c2cc(C(C)=O)cn2C)cc1. The summed E-state index contributed by atoms with van der Waals surface area (Å²) in [6.45, 7) is 4.28. The van der Waals surface area contributed by atoms with Gasteiger partial charge in [0, 0.05) is 37.0 Å². The number of aromatic nitrogens is 1. The van der Waals surface area contributed by atoms with Gasteiger partial charge < -0.3 is 14.6 Å². The number of amides is 1. The standard InChI is InChI=1S/C19H20N2O5/c1-11(22)15-9-17(21(4)10-15)19(25)26-12(2)18(24)14-5-7-16(8-6-14)20-13(3)23/h5-10,12H,1-4H3,(H,20,23)/t12-/m0/s1. The highest BCUT2D eigenvalue weighted by molar-refractivity contribution is 6.02. The van der Waals surface area contributed by atoms with Gasteiger partial charge >= 0.3 is 5.97 Å². The lowest BCUT2D eigenvalue weighted by molar-refractivity contribution is -0.114. The van der Waals surface area contributed by atoms with Gasteiger partial charge in [0.05, 0.1) is 0 Å². The van der Waals surface area contributed by atoms with Crippen molar-refractivity contribution in [1.29, 1.82) is 0 Å². The van der Waals surface area contributed by atoms with Crippen molar-refractivity contribution in [3.63, 3.8) is 0 Å². The average Bonchev–Trinajstić information content (AvgIpc) is 2.96. The first kappa shape index (κ1) is 19.1. The molecule has 0 saturated carbocycles. The molecule has 0 spiro atoms. The molecule has 0 radical (unpaired) electrons. The summed E-state index contributed by atoms with van der Waals surface area (Å²) in [5.41, 5.74) is 1.51. The molecule has 0 fully saturated rings. The number of rotatable bonds is 6. The molecule has 0 saturated heterocycles. The third-order valence-electron chi connectivity index (χ3n) is 3.76. The minimum Gasteiger partial charge on any atom is -0.450 e. The zero-order chi connectivity index (χ0) is 19.4. The van der Waals surface area contributed by atoms with Crippen molar-refractivity contribution in [3.8, 4) is 0 Å². The van der Waals surface area contributed by atoms with Crippen LogP contribution < -0.4 is 5.32 Å². The number of nitrogens with one attached hydrogen (secondary N) is 1. The fraction of sp³-hybridized carbons (Fsp3) is 0.263. The number of ketones is 2. The second kappa shape index (κ2) is 7.77. The summed E-state index contributed by atoms with van der Waals surface area (Å²) in [6, 6.07) is 7.73. The number of hydrogen-bond acceptors (Lipinski definition) is 5. The molecule has 0 aliphatic carbocycles. The molecule has 0 unspecified atom stereocenters. The summed E-state index contributed by atoms with van der Waals surface area (Å²) in [4.78, 5) is 47.1. The quantitative estimate of drug-likeness (QED) is 0.634. The second-order valence-electron chi connectivity index (χ2n) is 5.95. The number of ether oxygens (including phenoxy) is 1. The Labute approximate surface area is 151 Å². The van der Waals surface area contributed by atoms with E-state index in [1.807, 2.05) is 0 Å². The molecular formula is C19H20N2O5. The van der Waals surface area contributed by atoms with Gasteiger partial charge in [0.25, 0.3) is 0 Å². The molecule has 1 aromatic carbocycles. The smallest absolute Gasteiger partial charge is 0.355 e. The van der Waals surface area contributed by atoms with Crippen LogP contribution in [0.1, 0.15) is 52.0 Å². The van der Waals surface area contributed by atoms with Gasteiger partial charge in [0.2, 0.25) is 11.7 Å². The van der Waals surface area contributed by atoms with Crippen LogP contribution in [0.15, 0.2) is 36.5 Å². The van der Waals surface area contributed by atoms with Gasteiger partial charge in [-0.15, -0.1) is 0 Å². The summed E-state index contributed by atoms with van der Waals surface area (Å²) >= 11 is 0. The van der Waals surface area contributed by atoms with Crippen molar-refractivity contribution < 1.29 is 23.9 Å². The first-order valence-electron chi connectivity index (χ1n) is 7.99. The lowest BCUT2D eigenvalue weighted by Crippen LogP contribution is -2.25. The van der Waals surface area contributed by atoms with E-state index in [1.54, 1.807) is 31.3 Å². The van der Waals surface area contributed by atoms with Crippen molar-refractivity contribution in [2.24, 2.45) is 7.05 Å². The molecular weight excluding hydrogens is 336 g/mol. The number of esters is 1. The largest absolute Gasteiger partial charge is 0.450 e. The molecule has 1 aromatic heterocycles. The maximum absolute atomic E-state index is 12.4. The van der Waals surface area contributed by atoms with Crippen LogP contribution in [-0.4, -0.2) is 34.1 Å². The number of Topliss-reactive ketones (excluding diaryl/α,β-unsaturated/α-hetero) is 2. The number of carbonyl (C=O) groups excluding carboxylic acids is 4. The van der Waals surface area contributed by atoms with Gasteiger partial charge in [0.1, 0.15) is 5.69 Å². The van der Waals surface area contributed by atoms with Crippen molar-refractivity contribution >= 4 is 29.1 Å². The molecule has 0 bridgehead atoms. The molecule has 136 valence electrons. The van der Waals surface area contributed by atoms with E-state index in [9.17, 15) is 19.2 Å². The van der Waals surface area contributed by atoms with Gasteiger partial charge in [-0.1, -0.05) is 0 Å². The molecule has 1 atom stereocenters. The monoisotopic (exact) mass is 356 g/mol. The van der Waals surface area contributed by atoms with Crippen LogP contribution in [0.25, 0.3) is 0 Å². The van der Waals surface area contributed by atoms with Crippen LogP contribution in [0, 0.1) is 0 Å². The number of aryl methyl sites for hydroxylation is 1. The van der Waals surface area contributed by atoms with Crippen LogP contribution in [0.4, 0.5) is 5.69 Å². The number of carbonyl (C=O) groups is 4. The molecule has 7 heteroatoms. The zero-order valence-electron chi connectivity index (χ0n) is 15.0. The predicted octanol–water partition coefficient (Wildman–Crippen LogP) is 2.61. The van der Waals surface area contributed by atoms with Gasteiger partial charge in [-0.2, -0.15) is 0 Å². The summed E-state index contributed by atoms with van der Waals surface area (Å²) in [7, 11) is 1.62. The Morgan fingerprint density at radius 2 is 1.65 bits per heavy atom. The number of benzene rings is 1. The first-order valence-corrected chi connectivity index (χ1v) is 7.99. The Balaban J connectivity index is 2.07. The van der Waals surface area contributed by atoms with Crippen LogP contribution >= 0.6 is 0 Å². The highest BCUT2D eigenvalue weighted by atomic mass is 16.5. The van der Waals surface area contributed by atoms with E-state index < -0.39 is 12.1 Å². The maximum Gasteiger partial charge on any atom is 0.355 e. The van der Waals surface area contributed by atoms with Crippen molar-refractivity contribution in [2.75, 3.05) is 5.32 Å². The van der Waals surface area contributed by atoms with E-state index in [0.29, 0.717) is 16.8 Å². The molecule has 1 N–H and O–H groups in total. The molecule has 0 aliphatic heterocycles. The Morgan fingerprint density at radius 3 is 2.15 bits per heavy atom. The minimum absolute atomic E-state index is 0.164. The Kier molecular flexibility index (Phi) is 5.71. The normalized spacial score (nSPS) is 11.5. The molecule has 7 nitrogen and oxygen atoms in total. The summed E-state index contributed by atoms with van der Waals surface area (Å²) in [5, 5.41) is 2.61. The predicted molar refractivity (Wildman–Crippen MR) is 95.4 cm³/mol. The molecule has 0 aliphatic rings. The zero-order valence-corrected chi connectivity index (χ0v) is 15.0. The lowest BCUT2D eigenvalue weighted by Gasteiger charge is -2.13. The van der Waals surface area contributed by atoms with E-state index in [4.69, 9.17) is 4.74 Å². The highest BCUT2D eigenvalue weighted by Gasteiger charge is 2.22. The van der Waals surface area contributed by atoms with E-state index in [-0.39, 0.29) is 23.2 Å². The molecule has 2 rings (SSSR count). The van der Waals surface area contributed by atoms with E-state index in [0.717, 1.165) is 0 Å². The summed E-state index contributed by atoms with van der Waals surface area (Å²) in [5.74, 6) is -1.42. The molecule has 2 aromatic rings. The maximum atomic E-state index is 12.4. The van der Waals surface area contributed by atoms with Crippen molar-refractivity contribution in [2.45, 2.75) is 26.9 Å². The number of hydrogen-bond donors (Lipinski definition) is 1. The van der Waals surface area contributed by atoms with Crippen molar-refractivity contribution in [3.05, 3.63) is 53.3 Å². The summed E-state index contributed by atoms with van der Waals surface area (Å²) < 4.78 is 6.72. The van der Waals surface area contributed by atoms with E-state index in [2.05, 4.69) is 5.32 Å². The molecule has 1 heterocycles. The van der Waals surface area contributed by atoms with E-state index in [1.165, 1.54) is 37.6 Å². The lowest BCUT2D eigenvalue weighted by atomic mass is 10.1. The fourth-order valence-corrected chi connectivity index (χ4v) is 2.39. The minimum atomic E-state index is -0.996. The first-order chi connectivity index (χ1) is 12.2. The van der Waals surface area contributed by atoms with Gasteiger partial charge in [-0.25, -0.2) is 4.79 Å². The van der Waals surface area contributed by atoms with Gasteiger partial charge in [0.15, 0.2) is 11.9 Å². The fourth-order valence-electron chi connectivity index (χ4n) is 2.39. The van der Waals surface area contributed by atoms with E-state index >= 15 is 0 Å². The van der Waals surface area contributed by atoms with Gasteiger partial charge in [-0.05, 0) is 44.2 Å². The number of nitrogens with zero attached hydrogens (tertiary/aromatic N) is 1. The Hall–Kier alpha value is -3.22. The second-order valence-corrected chi connectivity index (χ2v) is 5.95. The summed E-state index contributed by atoms with van der Waals surface area (Å²) in [6.07, 6.45) is 0.538. The third-order valence-corrected chi connectivity index (χ3v) is 3.76. The number of anilines is 1. The average molecular weight is 356 g/mol. The molecule has 26 heavy (non-hydrogen) atoms. The van der Waals surface area contributed by atoms with Crippen LogP contribution in [0.2, 0.25) is 0 Å². The van der Waals surface area contributed by atoms with Crippen molar-refractivity contribution in [1.82, 2.24) is 4.57 Å². The van der Waals surface area contributed by atoms with Crippen LogP contribution in [0.3, 0.4) is 0 Å². The Morgan fingerprint density at radius 1 is 1.04 bits per heavy atom. The van der Waals surface area contributed by atoms with Gasteiger partial charge in [-0.3, -0.25) is 14.4 Å².